The van der Waals surface area contributed by atoms with Crippen molar-refractivity contribution < 1.29 is 13.2 Å². The number of thioether (sulfide) groups is 1. The van der Waals surface area contributed by atoms with Crippen molar-refractivity contribution in [1.29, 1.82) is 0 Å². The Balaban J connectivity index is 1.82. The number of nitrogens with one attached hydrogen (secondary N) is 1. The fourth-order valence-corrected chi connectivity index (χ4v) is 5.92. The van der Waals surface area contributed by atoms with E-state index in [-0.39, 0.29) is 10.1 Å². The number of benzene rings is 2. The monoisotopic (exact) mass is 430 g/mol. The van der Waals surface area contributed by atoms with Crippen LogP contribution in [0, 0.1) is 0 Å². The van der Waals surface area contributed by atoms with Crippen LogP contribution in [0.5, 0.6) is 0 Å². The van der Waals surface area contributed by atoms with Crippen molar-refractivity contribution >= 4 is 50.9 Å². The number of carbonyl (C=O) groups is 1. The van der Waals surface area contributed by atoms with Gasteiger partial charge in [0.2, 0.25) is 15.9 Å². The predicted octanol–water partition coefficient (Wildman–Crippen LogP) is 3.37. The fourth-order valence-electron chi connectivity index (χ4n) is 2.83. The molecular weight excluding hydrogens is 415 g/mol. The summed E-state index contributed by atoms with van der Waals surface area (Å²) < 4.78 is 27.9. The van der Waals surface area contributed by atoms with Crippen molar-refractivity contribution in [1.82, 2.24) is 4.72 Å². The lowest BCUT2D eigenvalue weighted by Gasteiger charge is -2.17. The summed E-state index contributed by atoms with van der Waals surface area (Å²) in [5.41, 5.74) is 6.47. The summed E-state index contributed by atoms with van der Waals surface area (Å²) in [4.78, 5) is 11.9. The average Bonchev–Trinajstić information content (AvgIpc) is 2.99. The molecule has 26 heavy (non-hydrogen) atoms. The third-order valence-corrected chi connectivity index (χ3v) is 7.75. The maximum Gasteiger partial charge on any atom is 0.240 e. The Morgan fingerprint density at radius 1 is 1.04 bits per heavy atom. The van der Waals surface area contributed by atoms with Crippen LogP contribution in [0.4, 0.5) is 0 Å². The lowest BCUT2D eigenvalue weighted by Crippen LogP contribution is -2.44. The number of hydrogen-bond donors (Lipinski definition) is 2. The number of rotatable bonds is 5. The molecule has 1 aliphatic rings. The Morgan fingerprint density at radius 3 is 2.12 bits per heavy atom. The zero-order valence-corrected chi connectivity index (χ0v) is 16.6. The first-order valence-corrected chi connectivity index (χ1v) is 10.9. The number of carbonyl (C=O) groups excluding carboxylic acids is 1. The summed E-state index contributed by atoms with van der Waals surface area (Å²) in [6.07, 6.45) is 0.451. The molecule has 1 amide bonds. The molecule has 3 atom stereocenters. The van der Waals surface area contributed by atoms with E-state index in [0.29, 0.717) is 16.5 Å². The summed E-state index contributed by atoms with van der Waals surface area (Å²) in [5, 5.41) is 0.349. The SMILES string of the molecule is NC(=O)C1SC(c2ccc(Cl)cc2)CC1NS(=O)(=O)c1ccc(Cl)cc1. The van der Waals surface area contributed by atoms with E-state index in [4.69, 9.17) is 28.9 Å². The number of primary amides is 1. The van der Waals surface area contributed by atoms with Gasteiger partial charge in [0, 0.05) is 21.3 Å². The highest BCUT2D eigenvalue weighted by Gasteiger charge is 2.41. The third kappa shape index (κ3) is 4.35. The summed E-state index contributed by atoms with van der Waals surface area (Å²) in [6, 6.07) is 12.5. The van der Waals surface area contributed by atoms with Crippen LogP contribution in [-0.4, -0.2) is 25.6 Å². The van der Waals surface area contributed by atoms with Crippen molar-refractivity contribution in [3.63, 3.8) is 0 Å². The van der Waals surface area contributed by atoms with Gasteiger partial charge in [-0.1, -0.05) is 35.3 Å². The van der Waals surface area contributed by atoms with Crippen molar-refractivity contribution in [2.75, 3.05) is 0 Å². The fraction of sp³-hybridized carbons (Fsp3) is 0.235. The molecule has 1 heterocycles. The molecule has 3 N–H and O–H groups in total. The van der Waals surface area contributed by atoms with Crippen LogP contribution >= 0.6 is 35.0 Å². The highest BCUT2D eigenvalue weighted by Crippen LogP contribution is 2.45. The van der Waals surface area contributed by atoms with E-state index >= 15 is 0 Å². The third-order valence-electron chi connectivity index (χ3n) is 4.10. The van der Waals surface area contributed by atoms with Crippen molar-refractivity contribution in [2.45, 2.75) is 27.9 Å². The molecule has 1 aliphatic heterocycles. The Hall–Kier alpha value is -1.25. The standard InChI is InChI=1S/C17H16Cl2N2O3S2/c18-11-3-1-10(2-4-11)15-9-14(16(25-15)17(20)22)21-26(23,24)13-7-5-12(19)6-8-13/h1-8,14-16,21H,9H2,(H2,20,22). The number of halogens is 2. The van der Waals surface area contributed by atoms with Crippen LogP contribution in [0.1, 0.15) is 17.2 Å². The molecule has 2 aromatic carbocycles. The van der Waals surface area contributed by atoms with E-state index in [1.165, 1.54) is 36.0 Å². The maximum absolute atomic E-state index is 12.6. The second-order valence-corrected chi connectivity index (χ2v) is 9.85. The van der Waals surface area contributed by atoms with E-state index in [2.05, 4.69) is 4.72 Å². The van der Waals surface area contributed by atoms with Gasteiger partial charge in [-0.3, -0.25) is 4.79 Å². The van der Waals surface area contributed by atoms with Gasteiger partial charge in [-0.15, -0.1) is 11.8 Å². The Bertz CT molecular complexity index is 903. The van der Waals surface area contributed by atoms with Gasteiger partial charge < -0.3 is 5.73 Å². The zero-order valence-electron chi connectivity index (χ0n) is 13.4. The smallest absolute Gasteiger partial charge is 0.240 e. The molecular formula is C17H16Cl2N2O3S2. The zero-order chi connectivity index (χ0) is 18.9. The topological polar surface area (TPSA) is 89.3 Å². The minimum Gasteiger partial charge on any atom is -0.369 e. The molecule has 3 unspecified atom stereocenters. The Morgan fingerprint density at radius 2 is 1.58 bits per heavy atom. The molecule has 1 fully saturated rings. The minimum absolute atomic E-state index is 0.0531. The van der Waals surface area contributed by atoms with Crippen molar-refractivity contribution in [2.24, 2.45) is 5.73 Å². The van der Waals surface area contributed by atoms with Crippen LogP contribution in [0.15, 0.2) is 53.4 Å². The van der Waals surface area contributed by atoms with E-state index < -0.39 is 27.2 Å². The maximum atomic E-state index is 12.6. The molecule has 5 nitrogen and oxygen atoms in total. The van der Waals surface area contributed by atoms with Crippen LogP contribution in [0.3, 0.4) is 0 Å². The minimum atomic E-state index is -3.79. The highest BCUT2D eigenvalue weighted by molar-refractivity contribution is 8.01. The van der Waals surface area contributed by atoms with E-state index in [1.54, 1.807) is 12.1 Å². The largest absolute Gasteiger partial charge is 0.369 e. The van der Waals surface area contributed by atoms with E-state index in [9.17, 15) is 13.2 Å². The lowest BCUT2D eigenvalue weighted by atomic mass is 10.0. The van der Waals surface area contributed by atoms with E-state index in [0.717, 1.165) is 5.56 Å². The van der Waals surface area contributed by atoms with Crippen LogP contribution in [0.2, 0.25) is 10.0 Å². The second kappa shape index (κ2) is 7.78. The first-order valence-electron chi connectivity index (χ1n) is 7.74. The predicted molar refractivity (Wildman–Crippen MR) is 105 cm³/mol. The molecule has 0 spiro atoms. The van der Waals surface area contributed by atoms with Gasteiger partial charge in [0.1, 0.15) is 5.25 Å². The molecule has 0 aromatic heterocycles. The summed E-state index contributed by atoms with van der Waals surface area (Å²) in [6.45, 7) is 0. The van der Waals surface area contributed by atoms with Crippen LogP contribution < -0.4 is 10.5 Å². The van der Waals surface area contributed by atoms with Gasteiger partial charge in [0.15, 0.2) is 0 Å². The van der Waals surface area contributed by atoms with Crippen LogP contribution in [-0.2, 0) is 14.8 Å². The van der Waals surface area contributed by atoms with Gasteiger partial charge in [0.25, 0.3) is 0 Å². The van der Waals surface area contributed by atoms with Gasteiger partial charge in [-0.2, -0.15) is 0 Å². The van der Waals surface area contributed by atoms with Gasteiger partial charge in [-0.25, -0.2) is 13.1 Å². The molecule has 0 radical (unpaired) electrons. The molecule has 0 aliphatic carbocycles. The molecule has 3 rings (SSSR count). The Labute approximate surface area is 166 Å². The number of amides is 1. The van der Waals surface area contributed by atoms with Crippen molar-refractivity contribution in [3.8, 4) is 0 Å². The molecule has 0 saturated carbocycles. The molecule has 0 bridgehead atoms. The second-order valence-electron chi connectivity index (χ2n) is 5.92. The first kappa shape index (κ1) is 19.5. The van der Waals surface area contributed by atoms with Gasteiger partial charge in [-0.05, 0) is 48.4 Å². The summed E-state index contributed by atoms with van der Waals surface area (Å²) in [7, 11) is -3.79. The lowest BCUT2D eigenvalue weighted by molar-refractivity contribution is -0.117. The number of hydrogen-bond acceptors (Lipinski definition) is 4. The molecule has 1 saturated heterocycles. The molecule has 2 aromatic rings. The van der Waals surface area contributed by atoms with E-state index in [1.807, 2.05) is 12.1 Å². The average molecular weight is 431 g/mol. The normalized spacial score (nSPS) is 23.1. The number of sulfonamides is 1. The van der Waals surface area contributed by atoms with Gasteiger partial charge >= 0.3 is 0 Å². The van der Waals surface area contributed by atoms with Gasteiger partial charge in [0.05, 0.1) is 4.90 Å². The van der Waals surface area contributed by atoms with Crippen LogP contribution in [0.25, 0.3) is 0 Å². The first-order chi connectivity index (χ1) is 12.3. The quantitative estimate of drug-likeness (QED) is 0.760. The highest BCUT2D eigenvalue weighted by atomic mass is 35.5. The van der Waals surface area contributed by atoms with Crippen molar-refractivity contribution in [3.05, 3.63) is 64.1 Å². The molecule has 9 heteroatoms. The number of nitrogens with two attached hydrogens (primary N) is 1. The summed E-state index contributed by atoms with van der Waals surface area (Å²) in [5.74, 6) is -0.546. The molecule has 138 valence electrons. The summed E-state index contributed by atoms with van der Waals surface area (Å²) >= 11 is 13.1. The Kier molecular flexibility index (Phi) is 5.84.